The van der Waals surface area contributed by atoms with Crippen molar-refractivity contribution >= 4 is 5.84 Å². The molecule has 18 heavy (non-hydrogen) atoms. The van der Waals surface area contributed by atoms with Crippen LogP contribution in [-0.2, 0) is 11.3 Å². The highest BCUT2D eigenvalue weighted by molar-refractivity contribution is 5.97. The van der Waals surface area contributed by atoms with Crippen LogP contribution in [0.4, 0.5) is 0 Å². The molecule has 0 bridgehead atoms. The highest BCUT2D eigenvalue weighted by Crippen LogP contribution is 2.21. The zero-order valence-electron chi connectivity index (χ0n) is 11.5. The number of nitrogens with one attached hydrogen (secondary N) is 1. The molecule has 0 aliphatic carbocycles. The van der Waals surface area contributed by atoms with Crippen LogP contribution < -0.4 is 10.5 Å². The van der Waals surface area contributed by atoms with E-state index in [4.69, 9.17) is 20.6 Å². The molecule has 1 unspecified atom stereocenters. The van der Waals surface area contributed by atoms with Gasteiger partial charge in [-0.3, -0.25) is 5.41 Å². The number of amidine groups is 1. The van der Waals surface area contributed by atoms with E-state index in [1.54, 1.807) is 13.2 Å². The maximum absolute atomic E-state index is 7.44. The lowest BCUT2D eigenvalue weighted by Crippen LogP contribution is -2.15. The molecule has 0 spiro atoms. The van der Waals surface area contributed by atoms with Gasteiger partial charge in [-0.2, -0.15) is 0 Å². The van der Waals surface area contributed by atoms with Gasteiger partial charge in [-0.05, 0) is 30.5 Å². The summed E-state index contributed by atoms with van der Waals surface area (Å²) in [5.41, 5.74) is 7.10. The number of ether oxygens (including phenoxy) is 2. The fourth-order valence-electron chi connectivity index (χ4n) is 1.47. The average Bonchev–Trinajstić information content (AvgIpc) is 2.34. The first-order valence-electron chi connectivity index (χ1n) is 6.08. The molecule has 1 atom stereocenters. The number of hydrogen-bond donors (Lipinski definition) is 2. The van der Waals surface area contributed by atoms with Gasteiger partial charge in [-0.1, -0.05) is 19.9 Å². The standard InChI is InChI=1S/C14H22N2O2/c1-9(2)10(3)18-8-11-5-6-12(14(15)16)13(7-11)17-4/h5-7,9-10H,8H2,1-4H3,(H3,15,16). The molecular formula is C14H22N2O2. The van der Waals surface area contributed by atoms with Gasteiger partial charge in [0.15, 0.2) is 0 Å². The molecule has 0 saturated carbocycles. The molecule has 0 aromatic heterocycles. The van der Waals surface area contributed by atoms with Crippen molar-refractivity contribution in [3.8, 4) is 5.75 Å². The van der Waals surface area contributed by atoms with E-state index < -0.39 is 0 Å². The molecular weight excluding hydrogens is 228 g/mol. The van der Waals surface area contributed by atoms with Crippen molar-refractivity contribution in [2.45, 2.75) is 33.5 Å². The normalized spacial score (nSPS) is 12.5. The van der Waals surface area contributed by atoms with E-state index in [0.717, 1.165) is 5.56 Å². The Balaban J connectivity index is 2.77. The van der Waals surface area contributed by atoms with Crippen LogP contribution in [0, 0.1) is 11.3 Å². The Morgan fingerprint density at radius 1 is 1.33 bits per heavy atom. The minimum atomic E-state index is 0.00914. The van der Waals surface area contributed by atoms with Crippen LogP contribution >= 0.6 is 0 Å². The smallest absolute Gasteiger partial charge is 0.130 e. The number of rotatable bonds is 6. The third-order valence-corrected chi connectivity index (χ3v) is 3.01. The minimum Gasteiger partial charge on any atom is -0.496 e. The second-order valence-electron chi connectivity index (χ2n) is 4.71. The maximum Gasteiger partial charge on any atom is 0.130 e. The molecule has 3 N–H and O–H groups in total. The first kappa shape index (κ1) is 14.5. The largest absolute Gasteiger partial charge is 0.496 e. The number of nitrogen functional groups attached to an aromatic ring is 1. The van der Waals surface area contributed by atoms with Crippen LogP contribution in [0.15, 0.2) is 18.2 Å². The van der Waals surface area contributed by atoms with Gasteiger partial charge in [0.25, 0.3) is 0 Å². The van der Waals surface area contributed by atoms with Gasteiger partial charge in [0, 0.05) is 0 Å². The van der Waals surface area contributed by atoms with Crippen LogP contribution in [-0.4, -0.2) is 19.0 Å². The van der Waals surface area contributed by atoms with Crippen molar-refractivity contribution in [3.05, 3.63) is 29.3 Å². The van der Waals surface area contributed by atoms with Gasteiger partial charge in [0.1, 0.15) is 11.6 Å². The molecule has 1 aromatic carbocycles. The van der Waals surface area contributed by atoms with Gasteiger partial charge in [-0.25, -0.2) is 0 Å². The molecule has 4 heteroatoms. The predicted octanol–water partition coefficient (Wildman–Crippen LogP) is 2.54. The summed E-state index contributed by atoms with van der Waals surface area (Å²) in [4.78, 5) is 0. The number of methoxy groups -OCH3 is 1. The molecule has 0 saturated heterocycles. The van der Waals surface area contributed by atoms with Gasteiger partial charge < -0.3 is 15.2 Å². The Kier molecular flexibility index (Phi) is 5.16. The molecule has 0 heterocycles. The van der Waals surface area contributed by atoms with Crippen LogP contribution in [0.5, 0.6) is 5.75 Å². The minimum absolute atomic E-state index is 0.00914. The highest BCUT2D eigenvalue weighted by atomic mass is 16.5. The fraction of sp³-hybridized carbons (Fsp3) is 0.500. The summed E-state index contributed by atoms with van der Waals surface area (Å²) < 4.78 is 11.0. The van der Waals surface area contributed by atoms with E-state index in [9.17, 15) is 0 Å². The average molecular weight is 250 g/mol. The summed E-state index contributed by atoms with van der Waals surface area (Å²) in [7, 11) is 1.57. The number of benzene rings is 1. The highest BCUT2D eigenvalue weighted by Gasteiger charge is 2.10. The molecule has 0 fully saturated rings. The third kappa shape index (κ3) is 3.74. The summed E-state index contributed by atoms with van der Waals surface area (Å²) >= 11 is 0. The zero-order valence-corrected chi connectivity index (χ0v) is 11.5. The Hall–Kier alpha value is -1.55. The number of nitrogens with two attached hydrogens (primary N) is 1. The molecule has 0 radical (unpaired) electrons. The zero-order chi connectivity index (χ0) is 13.7. The Morgan fingerprint density at radius 2 is 2.00 bits per heavy atom. The Bertz CT molecular complexity index is 416. The van der Waals surface area contributed by atoms with Crippen molar-refractivity contribution in [3.63, 3.8) is 0 Å². The molecule has 100 valence electrons. The molecule has 4 nitrogen and oxygen atoms in total. The number of hydrogen-bond acceptors (Lipinski definition) is 3. The summed E-state index contributed by atoms with van der Waals surface area (Å²) in [6, 6.07) is 5.57. The molecule has 0 aliphatic heterocycles. The third-order valence-electron chi connectivity index (χ3n) is 3.01. The molecule has 0 aliphatic rings. The van der Waals surface area contributed by atoms with E-state index in [0.29, 0.717) is 23.8 Å². The lowest BCUT2D eigenvalue weighted by Gasteiger charge is -2.17. The van der Waals surface area contributed by atoms with E-state index in [1.807, 2.05) is 12.1 Å². The van der Waals surface area contributed by atoms with Crippen LogP contribution in [0.1, 0.15) is 31.9 Å². The van der Waals surface area contributed by atoms with Crippen LogP contribution in [0.25, 0.3) is 0 Å². The monoisotopic (exact) mass is 250 g/mol. The summed E-state index contributed by atoms with van der Waals surface area (Å²) in [5.74, 6) is 1.11. The summed E-state index contributed by atoms with van der Waals surface area (Å²) in [5, 5.41) is 7.44. The second kappa shape index (κ2) is 6.40. The lowest BCUT2D eigenvalue weighted by atomic mass is 10.1. The van der Waals surface area contributed by atoms with E-state index in [2.05, 4.69) is 20.8 Å². The summed E-state index contributed by atoms with van der Waals surface area (Å²) in [6.45, 7) is 6.86. The Morgan fingerprint density at radius 3 is 2.50 bits per heavy atom. The van der Waals surface area contributed by atoms with E-state index >= 15 is 0 Å². The van der Waals surface area contributed by atoms with Crippen molar-refractivity contribution in [2.75, 3.05) is 7.11 Å². The topological polar surface area (TPSA) is 68.3 Å². The second-order valence-corrected chi connectivity index (χ2v) is 4.71. The van der Waals surface area contributed by atoms with Crippen molar-refractivity contribution in [1.29, 1.82) is 5.41 Å². The molecule has 1 rings (SSSR count). The Labute approximate surface area is 109 Å². The van der Waals surface area contributed by atoms with Gasteiger partial charge in [0.05, 0.1) is 25.4 Å². The SMILES string of the molecule is COc1cc(COC(C)C(C)C)ccc1C(=N)N. The fourth-order valence-corrected chi connectivity index (χ4v) is 1.47. The molecule has 1 aromatic rings. The maximum atomic E-state index is 7.44. The first-order valence-corrected chi connectivity index (χ1v) is 6.08. The van der Waals surface area contributed by atoms with Gasteiger partial charge in [0.2, 0.25) is 0 Å². The van der Waals surface area contributed by atoms with Gasteiger partial charge >= 0.3 is 0 Å². The van der Waals surface area contributed by atoms with E-state index in [-0.39, 0.29) is 11.9 Å². The quantitative estimate of drug-likeness (QED) is 0.602. The van der Waals surface area contributed by atoms with Crippen molar-refractivity contribution in [1.82, 2.24) is 0 Å². The van der Waals surface area contributed by atoms with Gasteiger partial charge in [-0.15, -0.1) is 0 Å². The van der Waals surface area contributed by atoms with Crippen LogP contribution in [0.2, 0.25) is 0 Å². The van der Waals surface area contributed by atoms with E-state index in [1.165, 1.54) is 0 Å². The van der Waals surface area contributed by atoms with Crippen molar-refractivity contribution < 1.29 is 9.47 Å². The van der Waals surface area contributed by atoms with Crippen LogP contribution in [0.3, 0.4) is 0 Å². The first-order chi connectivity index (χ1) is 8.45. The van der Waals surface area contributed by atoms with Crippen molar-refractivity contribution in [2.24, 2.45) is 11.7 Å². The molecule has 0 amide bonds. The predicted molar refractivity (Wildman–Crippen MR) is 73.1 cm³/mol. The lowest BCUT2D eigenvalue weighted by molar-refractivity contribution is 0.0234. The summed E-state index contributed by atoms with van der Waals surface area (Å²) in [6.07, 6.45) is 0.212.